The Hall–Kier alpha value is -4.62. The molecular weight excluding hydrogens is 575 g/mol. The minimum atomic E-state index is -0.919. The van der Waals surface area contributed by atoms with Crippen LogP contribution in [0.1, 0.15) is 36.1 Å². The molecule has 0 heterocycles. The van der Waals surface area contributed by atoms with Crippen LogP contribution >= 0.6 is 23.2 Å². The van der Waals surface area contributed by atoms with Crippen molar-refractivity contribution in [3.8, 4) is 35.2 Å². The number of carboxylic acids is 2. The van der Waals surface area contributed by atoms with E-state index in [1.54, 1.807) is 36.4 Å². The third-order valence-corrected chi connectivity index (χ3v) is 6.24. The summed E-state index contributed by atoms with van der Waals surface area (Å²) in [6.07, 6.45) is 3.49. The van der Waals surface area contributed by atoms with E-state index in [0.29, 0.717) is 32.7 Å². The van der Waals surface area contributed by atoms with Gasteiger partial charge in [0, 0.05) is 11.1 Å². The summed E-state index contributed by atoms with van der Waals surface area (Å²) in [6.45, 7) is 4.32. The van der Waals surface area contributed by atoms with Gasteiger partial charge in [-0.15, -0.1) is 0 Å². The third-order valence-electron chi connectivity index (χ3n) is 5.65. The molecule has 0 atom stereocenters. The molecular formula is C34H28Cl2O6. The highest BCUT2D eigenvalue weighted by atomic mass is 35.5. The molecule has 0 aliphatic heterocycles. The predicted molar refractivity (Wildman–Crippen MR) is 164 cm³/mol. The quantitative estimate of drug-likeness (QED) is 0.243. The maximum absolute atomic E-state index is 10.8. The zero-order chi connectivity index (χ0) is 30.5. The van der Waals surface area contributed by atoms with Gasteiger partial charge in [-0.25, -0.2) is 0 Å². The smallest absolute Gasteiger partial charge is 0.307 e. The lowest BCUT2D eigenvalue weighted by Crippen LogP contribution is -2.01. The van der Waals surface area contributed by atoms with Crippen LogP contribution in [-0.4, -0.2) is 35.4 Å². The molecule has 3 aromatic rings. The molecule has 8 heteroatoms. The van der Waals surface area contributed by atoms with Gasteiger partial charge < -0.3 is 19.7 Å². The molecule has 214 valence electrons. The van der Waals surface area contributed by atoms with Crippen molar-refractivity contribution < 1.29 is 29.3 Å². The second-order valence-corrected chi connectivity index (χ2v) is 9.96. The number of hydrogen-bond acceptors (Lipinski definition) is 4. The van der Waals surface area contributed by atoms with E-state index in [9.17, 15) is 9.59 Å². The number of carbonyl (C=O) groups is 2. The molecule has 2 N–H and O–H groups in total. The minimum absolute atomic E-state index is 0.0963. The third kappa shape index (κ3) is 11.1. The number of aliphatic carboxylic acids is 2. The first-order valence-corrected chi connectivity index (χ1v) is 13.6. The molecule has 0 aliphatic rings. The maximum atomic E-state index is 10.8. The van der Waals surface area contributed by atoms with Gasteiger partial charge in [0.15, 0.2) is 0 Å². The van der Waals surface area contributed by atoms with Crippen LogP contribution in [0.25, 0.3) is 0 Å². The highest BCUT2D eigenvalue weighted by molar-refractivity contribution is 6.32. The molecule has 0 spiro atoms. The molecule has 0 saturated carbocycles. The summed E-state index contributed by atoms with van der Waals surface area (Å²) in [7, 11) is 0. The van der Waals surface area contributed by atoms with Crippen molar-refractivity contribution >= 4 is 35.1 Å². The van der Waals surface area contributed by atoms with Crippen LogP contribution in [0.2, 0.25) is 10.0 Å². The van der Waals surface area contributed by atoms with E-state index in [-0.39, 0.29) is 26.1 Å². The number of benzene rings is 3. The van der Waals surface area contributed by atoms with Crippen molar-refractivity contribution in [2.24, 2.45) is 0 Å². The van der Waals surface area contributed by atoms with E-state index < -0.39 is 11.9 Å². The number of halogens is 2. The summed E-state index contributed by atoms with van der Waals surface area (Å²) in [5.74, 6) is 11.5. The molecule has 42 heavy (non-hydrogen) atoms. The Morgan fingerprint density at radius 2 is 1.07 bits per heavy atom. The number of ether oxygens (including phenoxy) is 2. The van der Waals surface area contributed by atoms with Gasteiger partial charge in [-0.3, -0.25) is 9.59 Å². The molecule has 0 unspecified atom stereocenters. The summed E-state index contributed by atoms with van der Waals surface area (Å²) in [4.78, 5) is 21.7. The fourth-order valence-electron chi connectivity index (χ4n) is 3.49. The van der Waals surface area contributed by atoms with Crippen LogP contribution in [0.5, 0.6) is 11.5 Å². The van der Waals surface area contributed by atoms with Crippen LogP contribution in [-0.2, 0) is 22.4 Å². The Labute approximate surface area is 255 Å². The molecule has 3 aromatic carbocycles. The Kier molecular flexibility index (Phi) is 12.1. The van der Waals surface area contributed by atoms with E-state index in [2.05, 4.69) is 23.7 Å². The van der Waals surface area contributed by atoms with Crippen molar-refractivity contribution in [3.05, 3.63) is 116 Å². The molecule has 0 fully saturated rings. The summed E-state index contributed by atoms with van der Waals surface area (Å²) in [5, 5.41) is 18.5. The van der Waals surface area contributed by atoms with E-state index in [1.165, 1.54) is 0 Å². The summed E-state index contributed by atoms with van der Waals surface area (Å²) in [5.41, 5.74) is 4.57. The number of allylic oxidation sites excluding steroid dienone is 2. The fraction of sp³-hybridized carbons (Fsp3) is 0.176. The molecule has 3 rings (SSSR count). The van der Waals surface area contributed by atoms with Gasteiger partial charge in [0.2, 0.25) is 0 Å². The first kappa shape index (κ1) is 31.9. The molecule has 6 nitrogen and oxygen atoms in total. The fourth-order valence-corrected chi connectivity index (χ4v) is 4.00. The number of rotatable bonds is 10. The summed E-state index contributed by atoms with van der Waals surface area (Å²) >= 11 is 12.4. The lowest BCUT2D eigenvalue weighted by molar-refractivity contribution is -0.137. The van der Waals surface area contributed by atoms with Crippen LogP contribution in [0, 0.1) is 23.7 Å². The van der Waals surface area contributed by atoms with Crippen LogP contribution < -0.4 is 9.47 Å². The topological polar surface area (TPSA) is 93.1 Å². The van der Waals surface area contributed by atoms with E-state index >= 15 is 0 Å². The SMILES string of the molecule is C/C(C#Cc1ccc(C#C/C(C)=C/COc2ccc(CC(=O)O)cc2Cl)cc1)=C\COc1ccc(CC(=O)O)cc1Cl. The highest BCUT2D eigenvalue weighted by Crippen LogP contribution is 2.26. The lowest BCUT2D eigenvalue weighted by Gasteiger charge is -2.07. The first-order chi connectivity index (χ1) is 20.1. The van der Waals surface area contributed by atoms with Gasteiger partial charge in [0.1, 0.15) is 24.7 Å². The predicted octanol–water partition coefficient (Wildman–Crippen LogP) is 7.00. The van der Waals surface area contributed by atoms with Gasteiger partial charge >= 0.3 is 11.9 Å². The number of hydrogen-bond donors (Lipinski definition) is 2. The molecule has 0 saturated heterocycles. The second-order valence-electron chi connectivity index (χ2n) is 9.14. The second kappa shape index (κ2) is 16.0. The average molecular weight is 603 g/mol. The van der Waals surface area contributed by atoms with Crippen molar-refractivity contribution in [3.63, 3.8) is 0 Å². The van der Waals surface area contributed by atoms with Crippen molar-refractivity contribution in [1.29, 1.82) is 0 Å². The van der Waals surface area contributed by atoms with E-state index in [0.717, 1.165) is 22.3 Å². The van der Waals surface area contributed by atoms with Gasteiger partial charge in [-0.05, 0) is 96.8 Å². The molecule has 0 aliphatic carbocycles. The Morgan fingerprint density at radius 3 is 1.40 bits per heavy atom. The van der Waals surface area contributed by atoms with E-state index in [1.807, 2.05) is 50.3 Å². The van der Waals surface area contributed by atoms with Crippen molar-refractivity contribution in [2.75, 3.05) is 13.2 Å². The van der Waals surface area contributed by atoms with Crippen LogP contribution in [0.15, 0.2) is 84.0 Å². The maximum Gasteiger partial charge on any atom is 0.307 e. The minimum Gasteiger partial charge on any atom is -0.488 e. The van der Waals surface area contributed by atoms with Crippen molar-refractivity contribution in [1.82, 2.24) is 0 Å². The van der Waals surface area contributed by atoms with Gasteiger partial charge in [-0.2, -0.15) is 0 Å². The Balaban J connectivity index is 1.49. The number of carboxylic acid groups (broad SMARTS) is 2. The Bertz CT molecular complexity index is 1510. The standard InChI is InChI=1S/C34H28Cl2O6/c1-23(15-17-41-31-13-11-27(19-29(31)35)21-33(37)38)3-5-25-7-9-26(10-8-25)6-4-24(2)16-18-42-32-14-12-28(20-30(32)36)22-34(39)40/h7-16,19-20H,17-18,21-22H2,1-2H3,(H,37,38)(H,39,40)/b23-15+,24-16+. The largest absolute Gasteiger partial charge is 0.488 e. The zero-order valence-electron chi connectivity index (χ0n) is 23.0. The Morgan fingerprint density at radius 1 is 0.690 bits per heavy atom. The molecule has 0 radical (unpaired) electrons. The van der Waals surface area contributed by atoms with Crippen LogP contribution in [0.3, 0.4) is 0 Å². The summed E-state index contributed by atoms with van der Waals surface area (Å²) in [6, 6.07) is 17.5. The van der Waals surface area contributed by atoms with E-state index in [4.69, 9.17) is 42.9 Å². The van der Waals surface area contributed by atoms with Crippen LogP contribution in [0.4, 0.5) is 0 Å². The monoisotopic (exact) mass is 602 g/mol. The highest BCUT2D eigenvalue weighted by Gasteiger charge is 2.07. The summed E-state index contributed by atoms with van der Waals surface area (Å²) < 4.78 is 11.3. The van der Waals surface area contributed by atoms with Crippen molar-refractivity contribution in [2.45, 2.75) is 26.7 Å². The normalized spacial score (nSPS) is 11.0. The van der Waals surface area contributed by atoms with Gasteiger partial charge in [0.25, 0.3) is 0 Å². The molecule has 0 aromatic heterocycles. The lowest BCUT2D eigenvalue weighted by atomic mass is 10.1. The molecule has 0 bridgehead atoms. The van der Waals surface area contributed by atoms with Gasteiger partial charge in [0.05, 0.1) is 22.9 Å². The molecule has 0 amide bonds. The average Bonchev–Trinajstić information content (AvgIpc) is 2.93. The van der Waals surface area contributed by atoms with Gasteiger partial charge in [-0.1, -0.05) is 59.0 Å². The zero-order valence-corrected chi connectivity index (χ0v) is 24.6. The first-order valence-electron chi connectivity index (χ1n) is 12.8.